The second-order valence-corrected chi connectivity index (χ2v) is 5.29. The average Bonchev–Trinajstić information content (AvgIpc) is 2.50. The first-order valence-electron chi connectivity index (χ1n) is 7.34. The van der Waals surface area contributed by atoms with Gasteiger partial charge in [-0.1, -0.05) is 37.3 Å². The molecule has 1 aliphatic heterocycles. The van der Waals surface area contributed by atoms with Crippen LogP contribution in [0.3, 0.4) is 0 Å². The molecule has 4 heteroatoms. The first-order valence-corrected chi connectivity index (χ1v) is 7.34. The van der Waals surface area contributed by atoms with Gasteiger partial charge in [0.25, 0.3) is 0 Å². The molecule has 1 aromatic carbocycles. The molecule has 2 rings (SSSR count). The fourth-order valence-corrected chi connectivity index (χ4v) is 2.64. The molecule has 1 saturated heterocycles. The molecule has 0 saturated carbocycles. The molecular weight excluding hydrogens is 252 g/mol. The Morgan fingerprint density at radius 3 is 2.80 bits per heavy atom. The van der Waals surface area contributed by atoms with Crippen LogP contribution in [0.4, 0.5) is 0 Å². The summed E-state index contributed by atoms with van der Waals surface area (Å²) in [5.41, 5.74) is 1.09. The normalized spacial score (nSPS) is 20.4. The van der Waals surface area contributed by atoms with Gasteiger partial charge in [0.1, 0.15) is 0 Å². The van der Waals surface area contributed by atoms with Crippen molar-refractivity contribution in [3.05, 3.63) is 35.9 Å². The molecule has 1 N–H and O–H groups in total. The van der Waals surface area contributed by atoms with Gasteiger partial charge in [-0.3, -0.25) is 4.79 Å². The van der Waals surface area contributed by atoms with Crippen LogP contribution in [-0.4, -0.2) is 50.2 Å². The summed E-state index contributed by atoms with van der Waals surface area (Å²) in [4.78, 5) is 14.4. The summed E-state index contributed by atoms with van der Waals surface area (Å²) in [5.74, 6) is 0.116. The number of carbonyl (C=O) groups excluding carboxylic acids is 1. The Balaban J connectivity index is 1.97. The summed E-state index contributed by atoms with van der Waals surface area (Å²) >= 11 is 0. The molecular formula is C16H24N2O2. The maximum Gasteiger partial charge on any atom is 0.229 e. The van der Waals surface area contributed by atoms with E-state index >= 15 is 0 Å². The number of hydrogen-bond acceptors (Lipinski definition) is 3. The third kappa shape index (κ3) is 3.81. The van der Waals surface area contributed by atoms with Gasteiger partial charge < -0.3 is 15.0 Å². The van der Waals surface area contributed by atoms with E-state index in [0.29, 0.717) is 6.54 Å². The predicted octanol–water partition coefficient (Wildman–Crippen LogP) is 1.63. The highest BCUT2D eigenvalue weighted by Gasteiger charge is 2.24. The van der Waals surface area contributed by atoms with E-state index in [9.17, 15) is 4.79 Å². The summed E-state index contributed by atoms with van der Waals surface area (Å²) in [6.07, 6.45) is 0.919. The van der Waals surface area contributed by atoms with Gasteiger partial charge in [-0.15, -0.1) is 0 Å². The maximum atomic E-state index is 12.6. The lowest BCUT2D eigenvalue weighted by molar-refractivity contribution is -0.133. The van der Waals surface area contributed by atoms with Crippen LogP contribution in [0.25, 0.3) is 0 Å². The highest BCUT2D eigenvalue weighted by molar-refractivity contribution is 5.83. The quantitative estimate of drug-likeness (QED) is 0.888. The van der Waals surface area contributed by atoms with E-state index in [1.165, 1.54) is 0 Å². The van der Waals surface area contributed by atoms with Gasteiger partial charge in [-0.25, -0.2) is 0 Å². The van der Waals surface area contributed by atoms with E-state index in [2.05, 4.69) is 12.2 Å². The van der Waals surface area contributed by atoms with Gasteiger partial charge in [0.2, 0.25) is 5.91 Å². The molecule has 1 fully saturated rings. The Bertz CT molecular complexity index is 416. The second kappa shape index (κ2) is 7.41. The fraction of sp³-hybridized carbons (Fsp3) is 0.562. The zero-order valence-electron chi connectivity index (χ0n) is 12.3. The monoisotopic (exact) mass is 276 g/mol. The molecule has 0 aromatic heterocycles. The third-order valence-electron chi connectivity index (χ3n) is 3.77. The Hall–Kier alpha value is -1.39. The Morgan fingerprint density at radius 2 is 2.20 bits per heavy atom. The molecule has 0 spiro atoms. The van der Waals surface area contributed by atoms with E-state index in [4.69, 9.17) is 4.74 Å². The first-order chi connectivity index (χ1) is 9.72. The number of nitrogens with zero attached hydrogens (tertiary/aromatic N) is 1. The number of nitrogens with one attached hydrogen (secondary N) is 1. The third-order valence-corrected chi connectivity index (χ3v) is 3.77. The standard InChI is InChI=1S/C16H24N2O2/c1-3-15(13-7-5-4-6-8-13)16(19)18(2)12-14-11-17-9-10-20-14/h4-8,14-15,17H,3,9-12H2,1-2H3. The molecule has 0 radical (unpaired) electrons. The average molecular weight is 276 g/mol. The van der Waals surface area contributed by atoms with Crippen molar-refractivity contribution >= 4 is 5.91 Å². The van der Waals surface area contributed by atoms with Crippen molar-refractivity contribution in [2.45, 2.75) is 25.4 Å². The number of morpholine rings is 1. The summed E-state index contributed by atoms with van der Waals surface area (Å²) in [7, 11) is 1.87. The minimum absolute atomic E-state index is 0.0576. The number of likely N-dealkylation sites (N-methyl/N-ethyl adjacent to an activating group) is 1. The molecule has 4 nitrogen and oxygen atoms in total. The van der Waals surface area contributed by atoms with Crippen LogP contribution in [0.5, 0.6) is 0 Å². The van der Waals surface area contributed by atoms with Crippen molar-refractivity contribution in [3.63, 3.8) is 0 Å². The van der Waals surface area contributed by atoms with Crippen LogP contribution in [0.2, 0.25) is 0 Å². The van der Waals surface area contributed by atoms with Crippen LogP contribution in [0, 0.1) is 0 Å². The van der Waals surface area contributed by atoms with Crippen molar-refractivity contribution < 1.29 is 9.53 Å². The fourth-order valence-electron chi connectivity index (χ4n) is 2.64. The van der Waals surface area contributed by atoms with Crippen molar-refractivity contribution in [2.75, 3.05) is 33.3 Å². The molecule has 110 valence electrons. The summed E-state index contributed by atoms with van der Waals surface area (Å²) in [5, 5.41) is 3.29. The number of benzene rings is 1. The molecule has 2 unspecified atom stereocenters. The van der Waals surface area contributed by atoms with Gasteiger partial charge in [-0.05, 0) is 12.0 Å². The van der Waals surface area contributed by atoms with Crippen molar-refractivity contribution in [3.8, 4) is 0 Å². The van der Waals surface area contributed by atoms with E-state index in [-0.39, 0.29) is 17.9 Å². The Morgan fingerprint density at radius 1 is 1.45 bits per heavy atom. The van der Waals surface area contributed by atoms with Crippen LogP contribution < -0.4 is 5.32 Å². The highest BCUT2D eigenvalue weighted by atomic mass is 16.5. The van der Waals surface area contributed by atoms with E-state index < -0.39 is 0 Å². The van der Waals surface area contributed by atoms with Gasteiger partial charge >= 0.3 is 0 Å². The lowest BCUT2D eigenvalue weighted by Crippen LogP contribution is -2.46. The second-order valence-electron chi connectivity index (χ2n) is 5.29. The van der Waals surface area contributed by atoms with E-state index in [1.807, 2.05) is 37.4 Å². The van der Waals surface area contributed by atoms with E-state index in [0.717, 1.165) is 31.7 Å². The SMILES string of the molecule is CCC(C(=O)N(C)CC1CNCCO1)c1ccccc1. The Labute approximate surface area is 121 Å². The molecule has 0 aliphatic carbocycles. The van der Waals surface area contributed by atoms with Crippen molar-refractivity contribution in [1.29, 1.82) is 0 Å². The zero-order valence-corrected chi connectivity index (χ0v) is 12.3. The number of rotatable bonds is 5. The smallest absolute Gasteiger partial charge is 0.229 e. The van der Waals surface area contributed by atoms with Crippen LogP contribution in [0.15, 0.2) is 30.3 Å². The molecule has 1 heterocycles. The molecule has 1 aliphatic rings. The largest absolute Gasteiger partial charge is 0.374 e. The van der Waals surface area contributed by atoms with Crippen LogP contribution in [0.1, 0.15) is 24.8 Å². The summed E-state index contributed by atoms with van der Waals surface area (Å²) in [6.45, 7) is 5.15. The minimum Gasteiger partial charge on any atom is -0.374 e. The zero-order chi connectivity index (χ0) is 14.4. The van der Waals surface area contributed by atoms with Crippen molar-refractivity contribution in [1.82, 2.24) is 10.2 Å². The predicted molar refractivity (Wildman–Crippen MR) is 79.7 cm³/mol. The van der Waals surface area contributed by atoms with E-state index in [1.54, 1.807) is 4.90 Å². The molecule has 1 aromatic rings. The Kier molecular flexibility index (Phi) is 5.56. The lowest BCUT2D eigenvalue weighted by atomic mass is 9.95. The van der Waals surface area contributed by atoms with Crippen LogP contribution in [-0.2, 0) is 9.53 Å². The summed E-state index contributed by atoms with van der Waals surface area (Å²) < 4.78 is 5.66. The highest BCUT2D eigenvalue weighted by Crippen LogP contribution is 2.21. The number of amides is 1. The minimum atomic E-state index is -0.0576. The number of ether oxygens (including phenoxy) is 1. The maximum absolute atomic E-state index is 12.6. The van der Waals surface area contributed by atoms with Gasteiger partial charge in [0.15, 0.2) is 0 Å². The van der Waals surface area contributed by atoms with Gasteiger partial charge in [0, 0.05) is 26.7 Å². The first kappa shape index (κ1) is 15.0. The molecule has 2 atom stereocenters. The lowest BCUT2D eigenvalue weighted by Gasteiger charge is -2.30. The summed E-state index contributed by atoms with van der Waals surface area (Å²) in [6, 6.07) is 10.0. The number of carbonyl (C=O) groups is 1. The topological polar surface area (TPSA) is 41.6 Å². The van der Waals surface area contributed by atoms with Crippen molar-refractivity contribution in [2.24, 2.45) is 0 Å². The van der Waals surface area contributed by atoms with Gasteiger partial charge in [-0.2, -0.15) is 0 Å². The molecule has 1 amide bonds. The van der Waals surface area contributed by atoms with Gasteiger partial charge in [0.05, 0.1) is 18.6 Å². The molecule has 20 heavy (non-hydrogen) atoms. The van der Waals surface area contributed by atoms with Crippen LogP contribution >= 0.6 is 0 Å². The number of hydrogen-bond donors (Lipinski definition) is 1. The molecule has 0 bridgehead atoms.